The molecule has 20 heavy (non-hydrogen) atoms. The quantitative estimate of drug-likeness (QED) is 0.821. The summed E-state index contributed by atoms with van der Waals surface area (Å²) in [6, 6.07) is 5.29. The van der Waals surface area contributed by atoms with Gasteiger partial charge in [-0.25, -0.2) is 4.98 Å². The number of methoxy groups -OCH3 is 2. The van der Waals surface area contributed by atoms with Crippen LogP contribution in [0.25, 0.3) is 0 Å². The number of halogens is 3. The molecule has 1 aromatic carbocycles. The van der Waals surface area contributed by atoms with Crippen LogP contribution in [-0.4, -0.2) is 19.2 Å². The van der Waals surface area contributed by atoms with Gasteiger partial charge in [-0.05, 0) is 28.1 Å². The molecule has 0 aliphatic rings. The Kier molecular flexibility index (Phi) is 4.96. The Bertz CT molecular complexity index is 610. The molecule has 0 spiro atoms. The van der Waals surface area contributed by atoms with Crippen molar-refractivity contribution in [1.82, 2.24) is 4.98 Å². The second kappa shape index (κ2) is 6.52. The SMILES string of the molecule is COc1cc(OC)c(Cl)c(Nc2ncccc2Br)c1Cl. The van der Waals surface area contributed by atoms with Gasteiger partial charge in [0.25, 0.3) is 0 Å². The molecule has 0 saturated heterocycles. The van der Waals surface area contributed by atoms with Gasteiger partial charge in [-0.15, -0.1) is 0 Å². The van der Waals surface area contributed by atoms with Gasteiger partial charge in [0.1, 0.15) is 27.4 Å². The molecule has 0 bridgehead atoms. The molecule has 0 saturated carbocycles. The normalized spacial score (nSPS) is 10.2. The van der Waals surface area contributed by atoms with Gasteiger partial charge >= 0.3 is 0 Å². The van der Waals surface area contributed by atoms with E-state index >= 15 is 0 Å². The lowest BCUT2D eigenvalue weighted by Gasteiger charge is -2.16. The molecule has 7 heteroatoms. The van der Waals surface area contributed by atoms with Crippen molar-refractivity contribution >= 4 is 50.6 Å². The van der Waals surface area contributed by atoms with Gasteiger partial charge in [-0.2, -0.15) is 0 Å². The number of ether oxygens (including phenoxy) is 2. The van der Waals surface area contributed by atoms with Crippen LogP contribution >= 0.6 is 39.1 Å². The van der Waals surface area contributed by atoms with Crippen LogP contribution in [0.2, 0.25) is 10.0 Å². The minimum absolute atomic E-state index is 0.357. The highest BCUT2D eigenvalue weighted by Gasteiger charge is 2.18. The summed E-state index contributed by atoms with van der Waals surface area (Å²) < 4.78 is 11.2. The zero-order valence-electron chi connectivity index (χ0n) is 10.7. The average Bonchev–Trinajstić information content (AvgIpc) is 2.45. The summed E-state index contributed by atoms with van der Waals surface area (Å²) in [7, 11) is 3.05. The number of pyridine rings is 1. The monoisotopic (exact) mass is 376 g/mol. The first-order valence-corrected chi connectivity index (χ1v) is 7.11. The van der Waals surface area contributed by atoms with Crippen molar-refractivity contribution in [2.24, 2.45) is 0 Å². The first-order valence-electron chi connectivity index (χ1n) is 5.56. The van der Waals surface area contributed by atoms with Crippen molar-refractivity contribution in [2.45, 2.75) is 0 Å². The van der Waals surface area contributed by atoms with Gasteiger partial charge in [-0.1, -0.05) is 23.2 Å². The molecule has 0 fully saturated rings. The summed E-state index contributed by atoms with van der Waals surface area (Å²) in [5.74, 6) is 1.51. The third-order valence-corrected chi connectivity index (χ3v) is 3.97. The van der Waals surface area contributed by atoms with Crippen molar-refractivity contribution in [3.8, 4) is 11.5 Å². The summed E-state index contributed by atoms with van der Waals surface area (Å²) in [5.41, 5.74) is 0.476. The Morgan fingerprint density at radius 1 is 1.15 bits per heavy atom. The molecule has 0 unspecified atom stereocenters. The van der Waals surface area contributed by atoms with E-state index in [9.17, 15) is 0 Å². The van der Waals surface area contributed by atoms with E-state index in [4.69, 9.17) is 32.7 Å². The smallest absolute Gasteiger partial charge is 0.144 e. The van der Waals surface area contributed by atoms with Crippen molar-refractivity contribution in [3.05, 3.63) is 38.9 Å². The minimum Gasteiger partial charge on any atom is -0.495 e. The van der Waals surface area contributed by atoms with Crippen LogP contribution in [0.15, 0.2) is 28.9 Å². The first kappa shape index (κ1) is 15.2. The molecule has 0 atom stereocenters. The van der Waals surface area contributed by atoms with E-state index in [-0.39, 0.29) is 0 Å². The van der Waals surface area contributed by atoms with Crippen molar-refractivity contribution in [2.75, 3.05) is 19.5 Å². The molecule has 1 aromatic heterocycles. The summed E-state index contributed by atoms with van der Waals surface area (Å²) in [4.78, 5) is 4.21. The average molecular weight is 378 g/mol. The van der Waals surface area contributed by atoms with Gasteiger partial charge in [0, 0.05) is 12.3 Å². The maximum absolute atomic E-state index is 6.27. The topological polar surface area (TPSA) is 43.4 Å². The van der Waals surface area contributed by atoms with Crippen molar-refractivity contribution in [3.63, 3.8) is 0 Å². The molecule has 0 amide bonds. The lowest BCUT2D eigenvalue weighted by atomic mass is 10.2. The zero-order valence-corrected chi connectivity index (χ0v) is 13.8. The highest BCUT2D eigenvalue weighted by atomic mass is 79.9. The maximum Gasteiger partial charge on any atom is 0.144 e. The predicted octanol–water partition coefficient (Wildman–Crippen LogP) is 4.91. The molecule has 0 aliphatic heterocycles. The summed E-state index contributed by atoms with van der Waals surface area (Å²) >= 11 is 15.9. The van der Waals surface area contributed by atoms with Gasteiger partial charge < -0.3 is 14.8 Å². The fraction of sp³-hybridized carbons (Fsp3) is 0.154. The van der Waals surface area contributed by atoms with Crippen molar-refractivity contribution < 1.29 is 9.47 Å². The van der Waals surface area contributed by atoms with E-state index in [0.29, 0.717) is 33.0 Å². The van der Waals surface area contributed by atoms with E-state index in [0.717, 1.165) is 4.47 Å². The third-order valence-electron chi connectivity index (χ3n) is 2.58. The van der Waals surface area contributed by atoms with Gasteiger partial charge in [-0.3, -0.25) is 0 Å². The lowest BCUT2D eigenvalue weighted by Crippen LogP contribution is -1.99. The fourth-order valence-corrected chi connectivity index (χ4v) is 2.54. The molecule has 2 aromatic rings. The first-order chi connectivity index (χ1) is 9.58. The van der Waals surface area contributed by atoms with Crippen LogP contribution in [0, 0.1) is 0 Å². The molecule has 4 nitrogen and oxygen atoms in total. The fourth-order valence-electron chi connectivity index (χ4n) is 1.59. The largest absolute Gasteiger partial charge is 0.495 e. The molecule has 1 heterocycles. The van der Waals surface area contributed by atoms with E-state index in [1.165, 1.54) is 14.2 Å². The zero-order chi connectivity index (χ0) is 14.7. The summed E-state index contributed by atoms with van der Waals surface area (Å²) in [5, 5.41) is 3.79. The van der Waals surface area contributed by atoms with Gasteiger partial charge in [0.15, 0.2) is 0 Å². The van der Waals surface area contributed by atoms with Gasteiger partial charge in [0.05, 0.1) is 24.4 Å². The van der Waals surface area contributed by atoms with E-state index in [1.807, 2.05) is 12.1 Å². The molecule has 2 rings (SSSR count). The van der Waals surface area contributed by atoms with E-state index < -0.39 is 0 Å². The number of aromatic nitrogens is 1. The number of nitrogens with one attached hydrogen (secondary N) is 1. The molecule has 1 N–H and O–H groups in total. The Balaban J connectivity index is 2.53. The standard InChI is InChI=1S/C13H11BrCl2N2O2/c1-19-8-6-9(20-2)11(16)12(10(8)15)18-13-7(14)4-3-5-17-13/h3-6H,1-2H3,(H,17,18). The van der Waals surface area contributed by atoms with Crippen LogP contribution in [0.5, 0.6) is 11.5 Å². The Morgan fingerprint density at radius 2 is 1.75 bits per heavy atom. The molecular weight excluding hydrogens is 367 g/mol. The second-order valence-corrected chi connectivity index (χ2v) is 5.35. The summed E-state index contributed by atoms with van der Waals surface area (Å²) in [6.45, 7) is 0. The number of anilines is 2. The van der Waals surface area contributed by atoms with Crippen LogP contribution in [0.3, 0.4) is 0 Å². The number of hydrogen-bond acceptors (Lipinski definition) is 4. The molecule has 0 radical (unpaired) electrons. The predicted molar refractivity (Wildman–Crippen MR) is 84.8 cm³/mol. The lowest BCUT2D eigenvalue weighted by molar-refractivity contribution is 0.395. The maximum atomic E-state index is 6.27. The summed E-state index contributed by atoms with van der Waals surface area (Å²) in [6.07, 6.45) is 1.66. The minimum atomic E-state index is 0.357. The number of rotatable bonds is 4. The van der Waals surface area contributed by atoms with Crippen LogP contribution in [-0.2, 0) is 0 Å². The highest BCUT2D eigenvalue weighted by Crippen LogP contribution is 2.45. The van der Waals surface area contributed by atoms with E-state index in [2.05, 4.69) is 26.2 Å². The van der Waals surface area contributed by atoms with Crippen LogP contribution in [0.4, 0.5) is 11.5 Å². The second-order valence-electron chi connectivity index (χ2n) is 3.74. The van der Waals surface area contributed by atoms with Gasteiger partial charge in [0.2, 0.25) is 0 Å². The van der Waals surface area contributed by atoms with Crippen molar-refractivity contribution in [1.29, 1.82) is 0 Å². The van der Waals surface area contributed by atoms with E-state index in [1.54, 1.807) is 12.3 Å². The number of nitrogens with zero attached hydrogens (tertiary/aromatic N) is 1. The Labute approximate surface area is 135 Å². The Morgan fingerprint density at radius 3 is 2.25 bits per heavy atom. The molecule has 106 valence electrons. The highest BCUT2D eigenvalue weighted by molar-refractivity contribution is 9.10. The number of hydrogen-bond donors (Lipinski definition) is 1. The molecule has 0 aliphatic carbocycles. The molecular formula is C13H11BrCl2N2O2. The number of benzene rings is 1. The third kappa shape index (κ3) is 2.95. The Hall–Kier alpha value is -1.17. The van der Waals surface area contributed by atoms with Crippen LogP contribution < -0.4 is 14.8 Å². The van der Waals surface area contributed by atoms with Crippen LogP contribution in [0.1, 0.15) is 0 Å².